The van der Waals surface area contributed by atoms with Gasteiger partial charge in [-0.05, 0) is 24.3 Å². The summed E-state index contributed by atoms with van der Waals surface area (Å²) in [7, 11) is 0. The third kappa shape index (κ3) is 3.61. The Bertz CT molecular complexity index is 913. The van der Waals surface area contributed by atoms with E-state index in [1.54, 1.807) is 36.7 Å². The highest BCUT2D eigenvalue weighted by atomic mass is 16.6. The molecule has 120 valence electrons. The molecule has 0 radical (unpaired) electrons. The average molecular weight is 324 g/mol. The van der Waals surface area contributed by atoms with Gasteiger partial charge in [-0.25, -0.2) is 0 Å². The standard InChI is InChI=1S/C16H12N4O4/c21-16(10-24-13-3-1-2-12(9-13)20(22)23)19-11-4-5-14-15(8-11)18-7-6-17-14/h1-9H,10H2,(H,19,21). The minimum absolute atomic E-state index is 0.0963. The number of ether oxygens (including phenoxy) is 1. The molecule has 0 aliphatic rings. The van der Waals surface area contributed by atoms with E-state index in [-0.39, 0.29) is 24.0 Å². The van der Waals surface area contributed by atoms with E-state index < -0.39 is 4.92 Å². The second-order valence-corrected chi connectivity index (χ2v) is 4.85. The van der Waals surface area contributed by atoms with Crippen molar-refractivity contribution in [2.24, 2.45) is 0 Å². The summed E-state index contributed by atoms with van der Waals surface area (Å²) >= 11 is 0. The highest BCUT2D eigenvalue weighted by Crippen LogP contribution is 2.19. The Morgan fingerprint density at radius 2 is 1.92 bits per heavy atom. The van der Waals surface area contributed by atoms with Crippen molar-refractivity contribution in [1.29, 1.82) is 0 Å². The maximum Gasteiger partial charge on any atom is 0.273 e. The number of nitro groups is 1. The number of hydrogen-bond acceptors (Lipinski definition) is 6. The third-order valence-electron chi connectivity index (χ3n) is 3.15. The van der Waals surface area contributed by atoms with Crippen molar-refractivity contribution in [1.82, 2.24) is 9.97 Å². The van der Waals surface area contributed by atoms with Gasteiger partial charge in [0.25, 0.3) is 11.6 Å². The lowest BCUT2D eigenvalue weighted by Crippen LogP contribution is -2.20. The van der Waals surface area contributed by atoms with E-state index in [4.69, 9.17) is 4.74 Å². The molecule has 3 aromatic rings. The van der Waals surface area contributed by atoms with E-state index in [1.165, 1.54) is 18.2 Å². The summed E-state index contributed by atoms with van der Waals surface area (Å²) in [4.78, 5) is 30.4. The van der Waals surface area contributed by atoms with Gasteiger partial charge in [-0.1, -0.05) is 6.07 Å². The van der Waals surface area contributed by atoms with Crippen LogP contribution in [-0.2, 0) is 4.79 Å². The summed E-state index contributed by atoms with van der Waals surface area (Å²) in [5.41, 5.74) is 1.86. The Kier molecular flexibility index (Phi) is 4.28. The first kappa shape index (κ1) is 15.3. The van der Waals surface area contributed by atoms with E-state index in [0.29, 0.717) is 11.2 Å². The van der Waals surface area contributed by atoms with Crippen LogP contribution in [0.3, 0.4) is 0 Å². The van der Waals surface area contributed by atoms with Crippen molar-refractivity contribution in [3.63, 3.8) is 0 Å². The molecule has 0 saturated carbocycles. The van der Waals surface area contributed by atoms with Gasteiger partial charge in [-0.2, -0.15) is 0 Å². The van der Waals surface area contributed by atoms with Gasteiger partial charge in [0.05, 0.1) is 22.0 Å². The van der Waals surface area contributed by atoms with Gasteiger partial charge in [0.1, 0.15) is 5.75 Å². The second-order valence-electron chi connectivity index (χ2n) is 4.85. The van der Waals surface area contributed by atoms with E-state index in [9.17, 15) is 14.9 Å². The number of fused-ring (bicyclic) bond motifs is 1. The fourth-order valence-electron chi connectivity index (χ4n) is 2.07. The van der Waals surface area contributed by atoms with Crippen molar-refractivity contribution >= 4 is 28.3 Å². The lowest BCUT2D eigenvalue weighted by molar-refractivity contribution is -0.384. The molecular formula is C16H12N4O4. The normalized spacial score (nSPS) is 10.3. The number of benzene rings is 2. The zero-order chi connectivity index (χ0) is 16.9. The van der Waals surface area contributed by atoms with Crippen molar-refractivity contribution in [3.8, 4) is 5.75 Å². The second kappa shape index (κ2) is 6.69. The van der Waals surface area contributed by atoms with Crippen LogP contribution in [0.25, 0.3) is 11.0 Å². The van der Waals surface area contributed by atoms with Gasteiger partial charge >= 0.3 is 0 Å². The summed E-state index contributed by atoms with van der Waals surface area (Å²) < 4.78 is 5.27. The monoisotopic (exact) mass is 324 g/mol. The van der Waals surface area contributed by atoms with E-state index >= 15 is 0 Å². The Morgan fingerprint density at radius 1 is 1.12 bits per heavy atom. The molecule has 0 aliphatic heterocycles. The molecule has 3 rings (SSSR count). The molecule has 2 aromatic carbocycles. The molecule has 8 heteroatoms. The molecule has 0 aliphatic carbocycles. The Balaban J connectivity index is 1.62. The SMILES string of the molecule is O=C(COc1cccc([N+](=O)[O-])c1)Nc1ccc2nccnc2c1. The molecule has 1 N–H and O–H groups in total. The minimum Gasteiger partial charge on any atom is -0.484 e. The number of aromatic nitrogens is 2. The van der Waals surface area contributed by atoms with Crippen LogP contribution in [0.4, 0.5) is 11.4 Å². The largest absolute Gasteiger partial charge is 0.484 e. The number of nitro benzene ring substituents is 1. The maximum atomic E-state index is 11.9. The van der Waals surface area contributed by atoms with Crippen molar-refractivity contribution < 1.29 is 14.5 Å². The quantitative estimate of drug-likeness (QED) is 0.571. The van der Waals surface area contributed by atoms with Gasteiger partial charge in [0.15, 0.2) is 6.61 Å². The molecule has 0 unspecified atom stereocenters. The number of anilines is 1. The lowest BCUT2D eigenvalue weighted by atomic mass is 10.2. The van der Waals surface area contributed by atoms with Gasteiger partial charge in [-0.3, -0.25) is 24.9 Å². The van der Waals surface area contributed by atoms with E-state index in [1.807, 2.05) is 0 Å². The summed E-state index contributed by atoms with van der Waals surface area (Å²) in [5, 5.41) is 13.4. The molecule has 8 nitrogen and oxygen atoms in total. The Labute approximate surface area is 136 Å². The molecule has 0 atom stereocenters. The predicted molar refractivity (Wildman–Crippen MR) is 86.8 cm³/mol. The van der Waals surface area contributed by atoms with E-state index in [2.05, 4.69) is 15.3 Å². The van der Waals surface area contributed by atoms with Gasteiger partial charge in [0.2, 0.25) is 0 Å². The van der Waals surface area contributed by atoms with Crippen molar-refractivity contribution in [2.45, 2.75) is 0 Å². The number of rotatable bonds is 5. The summed E-state index contributed by atoms with van der Waals surface area (Å²) in [6, 6.07) is 10.8. The zero-order valence-electron chi connectivity index (χ0n) is 12.4. The third-order valence-corrected chi connectivity index (χ3v) is 3.15. The van der Waals surface area contributed by atoms with Gasteiger partial charge in [-0.15, -0.1) is 0 Å². The molecule has 1 amide bonds. The van der Waals surface area contributed by atoms with Crippen molar-refractivity contribution in [2.75, 3.05) is 11.9 Å². The van der Waals surface area contributed by atoms with Crippen LogP contribution in [0.5, 0.6) is 5.75 Å². The van der Waals surface area contributed by atoms with Crippen LogP contribution in [0.1, 0.15) is 0 Å². The summed E-state index contributed by atoms with van der Waals surface area (Å²) in [6.45, 7) is -0.264. The van der Waals surface area contributed by atoms with Gasteiger partial charge < -0.3 is 10.1 Å². The molecule has 1 heterocycles. The number of nitrogens with zero attached hydrogens (tertiary/aromatic N) is 3. The first-order chi connectivity index (χ1) is 11.6. The van der Waals surface area contributed by atoms with Crippen LogP contribution in [0.2, 0.25) is 0 Å². The first-order valence-corrected chi connectivity index (χ1v) is 7.00. The number of amides is 1. The van der Waals surface area contributed by atoms with Crippen LogP contribution >= 0.6 is 0 Å². The summed E-state index contributed by atoms with van der Waals surface area (Å²) in [5.74, 6) is -0.131. The number of hydrogen-bond donors (Lipinski definition) is 1. The van der Waals surface area contributed by atoms with Gasteiger partial charge in [0, 0.05) is 24.1 Å². The van der Waals surface area contributed by atoms with Crippen LogP contribution < -0.4 is 10.1 Å². The fraction of sp³-hybridized carbons (Fsp3) is 0.0625. The fourth-order valence-corrected chi connectivity index (χ4v) is 2.07. The van der Waals surface area contributed by atoms with Crippen molar-refractivity contribution in [3.05, 3.63) is 65.0 Å². The lowest BCUT2D eigenvalue weighted by Gasteiger charge is -2.08. The smallest absolute Gasteiger partial charge is 0.273 e. The highest BCUT2D eigenvalue weighted by molar-refractivity contribution is 5.93. The summed E-state index contributed by atoms with van der Waals surface area (Å²) in [6.07, 6.45) is 3.16. The number of carbonyl (C=O) groups excluding carboxylic acids is 1. The number of non-ortho nitro benzene ring substituents is 1. The minimum atomic E-state index is -0.525. The van der Waals surface area contributed by atoms with Crippen LogP contribution in [0.15, 0.2) is 54.9 Å². The Morgan fingerprint density at radius 3 is 2.71 bits per heavy atom. The highest BCUT2D eigenvalue weighted by Gasteiger charge is 2.09. The molecule has 0 bridgehead atoms. The predicted octanol–water partition coefficient (Wildman–Crippen LogP) is 2.56. The number of carbonyl (C=O) groups is 1. The van der Waals surface area contributed by atoms with Crippen LogP contribution in [-0.4, -0.2) is 27.4 Å². The molecule has 24 heavy (non-hydrogen) atoms. The first-order valence-electron chi connectivity index (χ1n) is 7.00. The Hall–Kier alpha value is -3.55. The molecule has 0 fully saturated rings. The average Bonchev–Trinajstić information content (AvgIpc) is 2.60. The molecular weight excluding hydrogens is 312 g/mol. The van der Waals surface area contributed by atoms with Crippen LogP contribution in [0, 0.1) is 10.1 Å². The molecule has 0 spiro atoms. The van der Waals surface area contributed by atoms with E-state index in [0.717, 1.165) is 5.52 Å². The molecule has 0 saturated heterocycles. The molecule has 1 aromatic heterocycles. The number of nitrogens with one attached hydrogen (secondary N) is 1. The maximum absolute atomic E-state index is 11.9. The topological polar surface area (TPSA) is 107 Å². The zero-order valence-corrected chi connectivity index (χ0v) is 12.4.